The smallest absolute Gasteiger partial charge is 0.332 e. The van der Waals surface area contributed by atoms with Gasteiger partial charge in [-0.15, -0.1) is 0 Å². The van der Waals surface area contributed by atoms with Crippen molar-refractivity contribution in [1.82, 2.24) is 9.55 Å². The van der Waals surface area contributed by atoms with E-state index in [0.29, 0.717) is 6.61 Å². The van der Waals surface area contributed by atoms with Crippen LogP contribution in [0, 0.1) is 0 Å². The van der Waals surface area contributed by atoms with Gasteiger partial charge in [0.2, 0.25) is 0 Å². The van der Waals surface area contributed by atoms with Crippen LogP contribution >= 0.6 is 0 Å². The van der Waals surface area contributed by atoms with E-state index < -0.39 is 5.54 Å². The minimum Gasteiger partial charge on any atom is -0.464 e. The van der Waals surface area contributed by atoms with Gasteiger partial charge in [-0.05, 0) is 19.8 Å². The third-order valence-corrected chi connectivity index (χ3v) is 2.38. The van der Waals surface area contributed by atoms with Gasteiger partial charge in [-0.25, -0.2) is 9.78 Å². The molecule has 1 aromatic heterocycles. The van der Waals surface area contributed by atoms with Crippen LogP contribution in [-0.4, -0.2) is 22.1 Å². The van der Waals surface area contributed by atoms with Gasteiger partial charge < -0.3 is 9.30 Å². The molecule has 0 unspecified atom stereocenters. The van der Waals surface area contributed by atoms with Gasteiger partial charge in [0.25, 0.3) is 0 Å². The molecule has 1 saturated carbocycles. The van der Waals surface area contributed by atoms with Gasteiger partial charge in [-0.2, -0.15) is 0 Å². The molecule has 0 N–H and O–H groups in total. The normalized spacial score (nSPS) is 18.2. The molecule has 1 aromatic rings. The van der Waals surface area contributed by atoms with Crippen molar-refractivity contribution >= 4 is 5.97 Å². The Morgan fingerprint density at radius 2 is 2.46 bits per heavy atom. The highest BCUT2D eigenvalue weighted by Gasteiger charge is 2.52. The second-order valence-electron chi connectivity index (χ2n) is 3.22. The number of aromatic nitrogens is 2. The Balaban J connectivity index is 2.17. The summed E-state index contributed by atoms with van der Waals surface area (Å²) >= 11 is 0. The quantitative estimate of drug-likeness (QED) is 0.650. The lowest BCUT2D eigenvalue weighted by Crippen LogP contribution is -2.28. The van der Waals surface area contributed by atoms with Crippen LogP contribution in [0.15, 0.2) is 18.7 Å². The number of nitrogens with zero attached hydrogens (tertiary/aromatic N) is 2. The van der Waals surface area contributed by atoms with E-state index in [4.69, 9.17) is 4.74 Å². The van der Waals surface area contributed by atoms with Gasteiger partial charge in [-0.1, -0.05) is 0 Å². The minimum absolute atomic E-state index is 0.131. The number of ether oxygens (including phenoxy) is 1. The predicted octanol–water partition coefficient (Wildman–Crippen LogP) is 0.935. The number of hydrogen-bond acceptors (Lipinski definition) is 3. The van der Waals surface area contributed by atoms with Crippen LogP contribution in [0.25, 0.3) is 0 Å². The fourth-order valence-electron chi connectivity index (χ4n) is 1.46. The van der Waals surface area contributed by atoms with Crippen molar-refractivity contribution in [2.45, 2.75) is 25.3 Å². The van der Waals surface area contributed by atoms with Gasteiger partial charge in [0.1, 0.15) is 5.54 Å². The van der Waals surface area contributed by atoms with E-state index in [9.17, 15) is 4.79 Å². The highest BCUT2D eigenvalue weighted by atomic mass is 16.5. The molecule has 0 amide bonds. The average molecular weight is 180 g/mol. The molecular weight excluding hydrogens is 168 g/mol. The lowest BCUT2D eigenvalue weighted by Gasteiger charge is -2.14. The van der Waals surface area contributed by atoms with Gasteiger partial charge in [0.05, 0.1) is 12.9 Å². The van der Waals surface area contributed by atoms with Crippen LogP contribution in [0.5, 0.6) is 0 Å². The van der Waals surface area contributed by atoms with Crippen molar-refractivity contribution in [2.75, 3.05) is 6.61 Å². The number of esters is 1. The summed E-state index contributed by atoms with van der Waals surface area (Å²) in [4.78, 5) is 15.5. The molecule has 0 aliphatic heterocycles. The monoisotopic (exact) mass is 180 g/mol. The summed E-state index contributed by atoms with van der Waals surface area (Å²) in [6, 6.07) is 0. The van der Waals surface area contributed by atoms with Crippen molar-refractivity contribution in [1.29, 1.82) is 0 Å². The zero-order chi connectivity index (χ0) is 9.31. The molecule has 0 spiro atoms. The summed E-state index contributed by atoms with van der Waals surface area (Å²) in [5, 5.41) is 0. The molecule has 1 fully saturated rings. The van der Waals surface area contributed by atoms with Crippen LogP contribution in [-0.2, 0) is 15.1 Å². The average Bonchev–Trinajstić information content (AvgIpc) is 2.76. The fourth-order valence-corrected chi connectivity index (χ4v) is 1.46. The van der Waals surface area contributed by atoms with E-state index in [-0.39, 0.29) is 5.97 Å². The molecule has 4 heteroatoms. The number of hydrogen-bond donors (Lipinski definition) is 0. The summed E-state index contributed by atoms with van der Waals surface area (Å²) in [5.41, 5.74) is -0.424. The van der Waals surface area contributed by atoms with Gasteiger partial charge in [0.15, 0.2) is 0 Å². The Morgan fingerprint density at radius 1 is 1.69 bits per heavy atom. The Morgan fingerprint density at radius 3 is 2.92 bits per heavy atom. The molecule has 2 rings (SSSR count). The second kappa shape index (κ2) is 2.87. The van der Waals surface area contributed by atoms with Gasteiger partial charge in [-0.3, -0.25) is 0 Å². The lowest BCUT2D eigenvalue weighted by molar-refractivity contribution is -0.148. The highest BCUT2D eigenvalue weighted by molar-refractivity contribution is 5.82. The molecule has 1 aliphatic carbocycles. The maximum absolute atomic E-state index is 11.6. The number of imidazole rings is 1. The molecule has 4 nitrogen and oxygen atoms in total. The second-order valence-corrected chi connectivity index (χ2v) is 3.22. The maximum Gasteiger partial charge on any atom is 0.332 e. The van der Waals surface area contributed by atoms with E-state index in [1.165, 1.54) is 0 Å². The topological polar surface area (TPSA) is 44.1 Å². The Bertz CT molecular complexity index is 301. The van der Waals surface area contributed by atoms with Crippen molar-refractivity contribution in [3.63, 3.8) is 0 Å². The molecule has 1 heterocycles. The highest BCUT2D eigenvalue weighted by Crippen LogP contribution is 2.44. The molecule has 13 heavy (non-hydrogen) atoms. The van der Waals surface area contributed by atoms with Crippen molar-refractivity contribution in [2.24, 2.45) is 0 Å². The molecule has 70 valence electrons. The first-order valence-electron chi connectivity index (χ1n) is 4.45. The first kappa shape index (κ1) is 8.29. The van der Waals surface area contributed by atoms with Crippen LogP contribution in [0.4, 0.5) is 0 Å². The minimum atomic E-state index is -0.424. The zero-order valence-electron chi connectivity index (χ0n) is 7.56. The van der Waals surface area contributed by atoms with Crippen molar-refractivity contribution < 1.29 is 9.53 Å². The number of carbonyl (C=O) groups is 1. The molecule has 1 aliphatic rings. The van der Waals surface area contributed by atoms with Crippen LogP contribution in [0.3, 0.4) is 0 Å². The molecule has 0 saturated heterocycles. The third-order valence-electron chi connectivity index (χ3n) is 2.38. The molecule has 0 radical (unpaired) electrons. The Hall–Kier alpha value is -1.32. The van der Waals surface area contributed by atoms with Crippen molar-refractivity contribution in [3.8, 4) is 0 Å². The largest absolute Gasteiger partial charge is 0.464 e. The van der Waals surface area contributed by atoms with Crippen LogP contribution in [0.1, 0.15) is 19.8 Å². The molecule has 0 aromatic carbocycles. The van der Waals surface area contributed by atoms with Crippen LogP contribution in [0.2, 0.25) is 0 Å². The van der Waals surface area contributed by atoms with E-state index in [1.54, 1.807) is 12.5 Å². The number of rotatable bonds is 3. The lowest BCUT2D eigenvalue weighted by atomic mass is 10.3. The van der Waals surface area contributed by atoms with Crippen molar-refractivity contribution in [3.05, 3.63) is 18.7 Å². The standard InChI is InChI=1S/C9H12N2O2/c1-2-13-8(12)9(3-4-9)11-6-5-10-7-11/h5-7H,2-4H2,1H3. The van der Waals surface area contributed by atoms with E-state index in [0.717, 1.165) is 12.8 Å². The van der Waals surface area contributed by atoms with Crippen LogP contribution < -0.4 is 0 Å². The Kier molecular flexibility index (Phi) is 1.83. The summed E-state index contributed by atoms with van der Waals surface area (Å²) in [6.45, 7) is 2.26. The first-order chi connectivity index (χ1) is 6.29. The summed E-state index contributed by atoms with van der Waals surface area (Å²) in [7, 11) is 0. The van der Waals surface area contributed by atoms with E-state index in [2.05, 4.69) is 4.98 Å². The number of carbonyl (C=O) groups excluding carboxylic acids is 1. The van der Waals surface area contributed by atoms with Gasteiger partial charge >= 0.3 is 5.97 Å². The predicted molar refractivity (Wildman–Crippen MR) is 46.1 cm³/mol. The first-order valence-corrected chi connectivity index (χ1v) is 4.45. The summed E-state index contributed by atoms with van der Waals surface area (Å²) in [6.07, 6.45) is 6.89. The molecule has 0 bridgehead atoms. The molecular formula is C9H12N2O2. The maximum atomic E-state index is 11.6. The summed E-state index contributed by atoms with van der Waals surface area (Å²) in [5.74, 6) is -0.131. The fraction of sp³-hybridized carbons (Fsp3) is 0.556. The molecule has 0 atom stereocenters. The summed E-state index contributed by atoms with van der Waals surface area (Å²) < 4.78 is 6.84. The van der Waals surface area contributed by atoms with E-state index in [1.807, 2.05) is 17.7 Å². The van der Waals surface area contributed by atoms with Gasteiger partial charge in [0, 0.05) is 12.4 Å². The third kappa shape index (κ3) is 1.22. The zero-order valence-corrected chi connectivity index (χ0v) is 7.56. The Labute approximate surface area is 76.5 Å². The van der Waals surface area contributed by atoms with E-state index >= 15 is 0 Å². The SMILES string of the molecule is CCOC(=O)C1(n2ccnc2)CC1.